The van der Waals surface area contributed by atoms with Gasteiger partial charge in [-0.2, -0.15) is 0 Å². The van der Waals surface area contributed by atoms with Gasteiger partial charge in [-0.15, -0.1) is 0 Å². The van der Waals surface area contributed by atoms with Crippen molar-refractivity contribution in [2.45, 2.75) is 19.8 Å². The summed E-state index contributed by atoms with van der Waals surface area (Å²) in [6.45, 7) is 1.08. The van der Waals surface area contributed by atoms with Crippen LogP contribution in [-0.4, -0.2) is 4.98 Å². The van der Waals surface area contributed by atoms with Gasteiger partial charge in [0.05, 0.1) is 18.9 Å². The summed E-state index contributed by atoms with van der Waals surface area (Å²) in [5.74, 6) is -0.241. The fraction of sp³-hybridized carbons (Fsp3) is 0.214. The molecule has 1 aromatic carbocycles. The van der Waals surface area contributed by atoms with Crippen LogP contribution < -0.4 is 5.73 Å². The molecule has 2 aromatic rings. The van der Waals surface area contributed by atoms with Crippen LogP contribution in [0.4, 0.5) is 4.39 Å². The van der Waals surface area contributed by atoms with Gasteiger partial charge >= 0.3 is 0 Å². The fourth-order valence-corrected chi connectivity index (χ4v) is 1.62. The molecule has 1 heterocycles. The average Bonchev–Trinajstić information content (AvgIpc) is 2.41. The highest BCUT2D eigenvalue weighted by atomic mass is 19.1. The number of hydrogen-bond acceptors (Lipinski definition) is 3. The van der Waals surface area contributed by atoms with Crippen molar-refractivity contribution >= 4 is 0 Å². The van der Waals surface area contributed by atoms with Crippen molar-refractivity contribution in [3.05, 3.63) is 65.2 Å². The number of hydrogen-bond donors (Lipinski definition) is 1. The molecule has 0 spiro atoms. The Morgan fingerprint density at radius 3 is 2.78 bits per heavy atom. The molecular formula is C14H15FN2O. The van der Waals surface area contributed by atoms with E-state index in [2.05, 4.69) is 4.98 Å². The third-order valence-corrected chi connectivity index (χ3v) is 2.57. The molecular weight excluding hydrogens is 231 g/mol. The molecule has 0 amide bonds. The summed E-state index contributed by atoms with van der Waals surface area (Å²) < 4.78 is 18.8. The molecule has 0 aliphatic rings. The van der Waals surface area contributed by atoms with Crippen LogP contribution in [0.15, 0.2) is 42.6 Å². The normalized spacial score (nSPS) is 10.6. The Kier molecular flexibility index (Phi) is 4.39. The van der Waals surface area contributed by atoms with E-state index in [-0.39, 0.29) is 12.4 Å². The molecule has 0 saturated carbocycles. The summed E-state index contributed by atoms with van der Waals surface area (Å²) in [5, 5.41) is 0. The molecule has 0 aliphatic carbocycles. The number of ether oxygens (including phenoxy) is 1. The number of nitrogens with zero attached hydrogens (tertiary/aromatic N) is 1. The third kappa shape index (κ3) is 3.35. The minimum Gasteiger partial charge on any atom is -0.372 e. The predicted octanol–water partition coefficient (Wildman–Crippen LogP) is 2.40. The molecule has 0 saturated heterocycles. The van der Waals surface area contributed by atoms with Crippen LogP contribution in [0.2, 0.25) is 0 Å². The minimum absolute atomic E-state index is 0.241. The summed E-state index contributed by atoms with van der Waals surface area (Å²) in [6, 6.07) is 10.3. The lowest BCUT2D eigenvalue weighted by Crippen LogP contribution is -2.01. The SMILES string of the molecule is NCc1cc(COCc2ccccc2F)ccn1. The van der Waals surface area contributed by atoms with E-state index < -0.39 is 0 Å². The first kappa shape index (κ1) is 12.7. The van der Waals surface area contributed by atoms with E-state index in [0.717, 1.165) is 11.3 Å². The van der Waals surface area contributed by atoms with E-state index in [1.165, 1.54) is 6.07 Å². The van der Waals surface area contributed by atoms with Crippen molar-refractivity contribution in [1.29, 1.82) is 0 Å². The zero-order valence-corrected chi connectivity index (χ0v) is 9.97. The van der Waals surface area contributed by atoms with Gasteiger partial charge in [0.15, 0.2) is 0 Å². The molecule has 2 N–H and O–H groups in total. The summed E-state index contributed by atoms with van der Waals surface area (Å²) in [5.41, 5.74) is 7.88. The van der Waals surface area contributed by atoms with E-state index >= 15 is 0 Å². The Morgan fingerprint density at radius 2 is 2.00 bits per heavy atom. The number of pyridine rings is 1. The maximum absolute atomic E-state index is 13.3. The van der Waals surface area contributed by atoms with Crippen molar-refractivity contribution < 1.29 is 9.13 Å². The van der Waals surface area contributed by atoms with Crippen molar-refractivity contribution in [3.63, 3.8) is 0 Å². The molecule has 1 aromatic heterocycles. The maximum Gasteiger partial charge on any atom is 0.128 e. The van der Waals surface area contributed by atoms with Gasteiger partial charge < -0.3 is 10.5 Å². The molecule has 3 nitrogen and oxygen atoms in total. The summed E-state index contributed by atoms with van der Waals surface area (Å²) in [7, 11) is 0. The lowest BCUT2D eigenvalue weighted by atomic mass is 10.2. The zero-order chi connectivity index (χ0) is 12.8. The highest BCUT2D eigenvalue weighted by Gasteiger charge is 2.01. The van der Waals surface area contributed by atoms with Crippen LogP contribution in [0.5, 0.6) is 0 Å². The molecule has 0 unspecified atom stereocenters. The first-order valence-corrected chi connectivity index (χ1v) is 5.74. The first-order valence-electron chi connectivity index (χ1n) is 5.74. The molecule has 0 radical (unpaired) electrons. The van der Waals surface area contributed by atoms with Crippen LogP contribution >= 0.6 is 0 Å². The highest BCUT2D eigenvalue weighted by Crippen LogP contribution is 2.10. The number of nitrogens with two attached hydrogens (primary N) is 1. The van der Waals surface area contributed by atoms with Gasteiger partial charge in [0.2, 0.25) is 0 Å². The molecule has 0 aliphatic heterocycles. The van der Waals surface area contributed by atoms with Gasteiger partial charge in [-0.1, -0.05) is 18.2 Å². The maximum atomic E-state index is 13.3. The summed E-state index contributed by atoms with van der Waals surface area (Å²) in [6.07, 6.45) is 1.70. The number of halogens is 1. The van der Waals surface area contributed by atoms with Gasteiger partial charge in [-0.3, -0.25) is 4.98 Å². The zero-order valence-electron chi connectivity index (χ0n) is 9.97. The van der Waals surface area contributed by atoms with E-state index in [9.17, 15) is 4.39 Å². The highest BCUT2D eigenvalue weighted by molar-refractivity contribution is 5.17. The molecule has 0 fully saturated rings. The van der Waals surface area contributed by atoms with E-state index in [1.807, 2.05) is 12.1 Å². The number of benzene rings is 1. The van der Waals surface area contributed by atoms with E-state index in [0.29, 0.717) is 18.7 Å². The van der Waals surface area contributed by atoms with Crippen molar-refractivity contribution in [2.24, 2.45) is 5.73 Å². The Bertz CT molecular complexity index is 517. The monoisotopic (exact) mass is 246 g/mol. The lowest BCUT2D eigenvalue weighted by Gasteiger charge is -2.06. The first-order chi connectivity index (χ1) is 8.79. The topological polar surface area (TPSA) is 48.1 Å². The fourth-order valence-electron chi connectivity index (χ4n) is 1.62. The third-order valence-electron chi connectivity index (χ3n) is 2.57. The largest absolute Gasteiger partial charge is 0.372 e. The number of aromatic nitrogens is 1. The summed E-state index contributed by atoms with van der Waals surface area (Å²) in [4.78, 5) is 4.10. The standard InChI is InChI=1S/C14H15FN2O/c15-14-4-2-1-3-12(14)10-18-9-11-5-6-17-13(7-11)8-16/h1-7H,8-10,16H2. The molecule has 94 valence electrons. The Balaban J connectivity index is 1.90. The predicted molar refractivity (Wildman–Crippen MR) is 67.0 cm³/mol. The van der Waals surface area contributed by atoms with Crippen molar-refractivity contribution in [2.75, 3.05) is 0 Å². The van der Waals surface area contributed by atoms with Gasteiger partial charge in [0.25, 0.3) is 0 Å². The van der Waals surface area contributed by atoms with Gasteiger partial charge in [0.1, 0.15) is 5.82 Å². The van der Waals surface area contributed by atoms with Gasteiger partial charge in [-0.25, -0.2) is 4.39 Å². The van der Waals surface area contributed by atoms with Gasteiger partial charge in [0, 0.05) is 18.3 Å². The smallest absolute Gasteiger partial charge is 0.128 e. The van der Waals surface area contributed by atoms with Crippen LogP contribution in [0.1, 0.15) is 16.8 Å². The summed E-state index contributed by atoms with van der Waals surface area (Å²) >= 11 is 0. The second-order valence-electron chi connectivity index (χ2n) is 3.94. The van der Waals surface area contributed by atoms with Crippen LogP contribution in [-0.2, 0) is 24.5 Å². The molecule has 18 heavy (non-hydrogen) atoms. The van der Waals surface area contributed by atoms with Crippen LogP contribution in [0.3, 0.4) is 0 Å². The second kappa shape index (κ2) is 6.23. The van der Waals surface area contributed by atoms with Gasteiger partial charge in [-0.05, 0) is 23.8 Å². The molecule has 0 atom stereocenters. The van der Waals surface area contributed by atoms with Crippen LogP contribution in [0, 0.1) is 5.82 Å². The second-order valence-corrected chi connectivity index (χ2v) is 3.94. The lowest BCUT2D eigenvalue weighted by molar-refractivity contribution is 0.105. The van der Waals surface area contributed by atoms with Crippen LogP contribution in [0.25, 0.3) is 0 Å². The Morgan fingerprint density at radius 1 is 1.17 bits per heavy atom. The molecule has 4 heteroatoms. The van der Waals surface area contributed by atoms with E-state index in [4.69, 9.17) is 10.5 Å². The molecule has 2 rings (SSSR count). The van der Waals surface area contributed by atoms with Crippen molar-refractivity contribution in [3.8, 4) is 0 Å². The quantitative estimate of drug-likeness (QED) is 0.881. The van der Waals surface area contributed by atoms with E-state index in [1.54, 1.807) is 24.4 Å². The Labute approximate surface area is 105 Å². The Hall–Kier alpha value is -1.78. The minimum atomic E-state index is -0.241. The molecule has 0 bridgehead atoms. The van der Waals surface area contributed by atoms with Crippen molar-refractivity contribution in [1.82, 2.24) is 4.98 Å². The average molecular weight is 246 g/mol. The number of rotatable bonds is 5.